The molecule has 1 aromatic rings. The van der Waals surface area contributed by atoms with E-state index in [1.54, 1.807) is 31.2 Å². The Morgan fingerprint density at radius 2 is 1.77 bits per heavy atom. The van der Waals surface area contributed by atoms with Crippen LogP contribution in [-0.4, -0.2) is 33.2 Å². The smallest absolute Gasteiger partial charge is 0.243 e. The van der Waals surface area contributed by atoms with Crippen LogP contribution < -0.4 is 9.62 Å². The van der Waals surface area contributed by atoms with Crippen molar-refractivity contribution in [2.75, 3.05) is 17.1 Å². The Hall–Kier alpha value is -1.27. The van der Waals surface area contributed by atoms with Crippen molar-refractivity contribution in [1.29, 1.82) is 0 Å². The monoisotopic (exact) mass is 346 g/mol. The molecule has 0 spiro atoms. The minimum Gasteiger partial charge on any atom is -0.354 e. The fraction of sp³-hybridized carbons (Fsp3) is 0.533. The van der Waals surface area contributed by atoms with Crippen LogP contribution in [0.3, 0.4) is 0 Å². The van der Waals surface area contributed by atoms with E-state index in [1.807, 2.05) is 0 Å². The maximum absolute atomic E-state index is 12.2. The number of carbonyl (C=O) groups excluding carboxylic acids is 1. The summed E-state index contributed by atoms with van der Waals surface area (Å²) in [7, 11) is -3.59. The lowest BCUT2D eigenvalue weighted by Gasteiger charge is -2.28. The summed E-state index contributed by atoms with van der Waals surface area (Å²) in [6.45, 7) is 6.22. The molecule has 22 heavy (non-hydrogen) atoms. The van der Waals surface area contributed by atoms with Crippen LogP contribution in [0.5, 0.6) is 0 Å². The summed E-state index contributed by atoms with van der Waals surface area (Å²) in [5.41, 5.74) is 0.415. The molecule has 1 aromatic carbocycles. The summed E-state index contributed by atoms with van der Waals surface area (Å²) in [6, 6.07) is 5.53. The summed E-state index contributed by atoms with van der Waals surface area (Å²) >= 11 is 5.82. The molecule has 0 bridgehead atoms. The van der Waals surface area contributed by atoms with Crippen LogP contribution in [-0.2, 0) is 14.8 Å². The number of hydrogen-bond donors (Lipinski definition) is 1. The molecule has 1 atom stereocenters. The highest BCUT2D eigenvalue weighted by molar-refractivity contribution is 7.92. The van der Waals surface area contributed by atoms with Crippen LogP contribution in [0, 0.1) is 5.92 Å². The van der Waals surface area contributed by atoms with Crippen molar-refractivity contribution in [1.82, 2.24) is 5.32 Å². The summed E-state index contributed by atoms with van der Waals surface area (Å²) in [6.07, 6.45) is 1.93. The number of benzene rings is 1. The standard InChI is InChI=1S/C15H23ClN2O3S/c1-11(2)9-10-17-15(19)12(3)18(22(4,20)21)14-7-5-13(16)6-8-14/h5-8,11-12H,9-10H2,1-4H3,(H,17,19). The SMILES string of the molecule is CC(C)CCNC(=O)C(C)N(c1ccc(Cl)cc1)S(C)(=O)=O. The Morgan fingerprint density at radius 3 is 2.23 bits per heavy atom. The second kappa shape index (κ2) is 7.83. The topological polar surface area (TPSA) is 66.5 Å². The zero-order chi connectivity index (χ0) is 16.9. The molecule has 0 saturated carbocycles. The Labute approximate surface area is 137 Å². The second-order valence-corrected chi connectivity index (χ2v) is 7.98. The van der Waals surface area contributed by atoms with Crippen molar-refractivity contribution in [3.63, 3.8) is 0 Å². The van der Waals surface area contributed by atoms with E-state index < -0.39 is 16.1 Å². The molecule has 1 N–H and O–H groups in total. The first-order valence-electron chi connectivity index (χ1n) is 7.15. The van der Waals surface area contributed by atoms with Crippen molar-refractivity contribution in [3.05, 3.63) is 29.3 Å². The molecule has 1 unspecified atom stereocenters. The number of nitrogens with one attached hydrogen (secondary N) is 1. The van der Waals surface area contributed by atoms with Crippen molar-refractivity contribution < 1.29 is 13.2 Å². The first kappa shape index (κ1) is 18.8. The predicted octanol–water partition coefficient (Wildman–Crippen LogP) is 2.66. The van der Waals surface area contributed by atoms with Crippen LogP contribution in [0.15, 0.2) is 24.3 Å². The molecule has 0 aliphatic rings. The van der Waals surface area contributed by atoms with Gasteiger partial charge in [0.25, 0.3) is 0 Å². The Bertz CT molecular complexity index is 600. The molecule has 1 amide bonds. The Kier molecular flexibility index (Phi) is 6.68. The number of nitrogens with zero attached hydrogens (tertiary/aromatic N) is 1. The first-order valence-corrected chi connectivity index (χ1v) is 9.38. The number of rotatable bonds is 7. The summed E-state index contributed by atoms with van der Waals surface area (Å²) < 4.78 is 25.2. The summed E-state index contributed by atoms with van der Waals surface area (Å²) in [5.74, 6) is 0.152. The molecule has 0 aliphatic heterocycles. The molecule has 0 heterocycles. The van der Waals surface area contributed by atoms with E-state index in [4.69, 9.17) is 11.6 Å². The third-order valence-electron chi connectivity index (χ3n) is 3.19. The average molecular weight is 347 g/mol. The van der Waals surface area contributed by atoms with E-state index in [2.05, 4.69) is 19.2 Å². The first-order chi connectivity index (χ1) is 10.1. The summed E-state index contributed by atoms with van der Waals surface area (Å²) in [5, 5.41) is 3.28. The molecule has 0 fully saturated rings. The zero-order valence-electron chi connectivity index (χ0n) is 13.3. The lowest BCUT2D eigenvalue weighted by Crippen LogP contribution is -2.48. The van der Waals surface area contributed by atoms with Crippen molar-refractivity contribution >= 4 is 33.2 Å². The maximum Gasteiger partial charge on any atom is 0.243 e. The lowest BCUT2D eigenvalue weighted by atomic mass is 10.1. The highest BCUT2D eigenvalue weighted by Gasteiger charge is 2.28. The van der Waals surface area contributed by atoms with Gasteiger partial charge in [-0.05, 0) is 43.5 Å². The van der Waals surface area contributed by atoms with Gasteiger partial charge in [-0.15, -0.1) is 0 Å². The van der Waals surface area contributed by atoms with Crippen LogP contribution in [0.2, 0.25) is 5.02 Å². The van der Waals surface area contributed by atoms with Gasteiger partial charge in [-0.1, -0.05) is 25.4 Å². The van der Waals surface area contributed by atoms with Gasteiger partial charge in [0.05, 0.1) is 11.9 Å². The van der Waals surface area contributed by atoms with E-state index in [-0.39, 0.29) is 5.91 Å². The van der Waals surface area contributed by atoms with Gasteiger partial charge in [-0.25, -0.2) is 8.42 Å². The normalized spacial score (nSPS) is 13.0. The third-order valence-corrected chi connectivity index (χ3v) is 4.68. The molecule has 1 rings (SSSR count). The van der Waals surface area contributed by atoms with Gasteiger partial charge in [0.15, 0.2) is 0 Å². The number of anilines is 1. The van der Waals surface area contributed by atoms with Crippen LogP contribution in [0.25, 0.3) is 0 Å². The fourth-order valence-corrected chi connectivity index (χ4v) is 3.33. The minimum atomic E-state index is -3.59. The number of halogens is 1. The number of sulfonamides is 1. The van der Waals surface area contributed by atoms with E-state index in [1.165, 1.54) is 0 Å². The molecule has 0 radical (unpaired) electrons. The minimum absolute atomic E-state index is 0.318. The van der Waals surface area contributed by atoms with Crippen LogP contribution >= 0.6 is 11.6 Å². The highest BCUT2D eigenvalue weighted by Crippen LogP contribution is 2.22. The van der Waals surface area contributed by atoms with Crippen molar-refractivity contribution in [2.24, 2.45) is 5.92 Å². The van der Waals surface area contributed by atoms with Gasteiger partial charge in [0, 0.05) is 11.6 Å². The van der Waals surface area contributed by atoms with Gasteiger partial charge in [0.1, 0.15) is 6.04 Å². The second-order valence-electron chi connectivity index (χ2n) is 5.68. The van der Waals surface area contributed by atoms with E-state index in [0.29, 0.717) is 23.2 Å². The molecular formula is C15H23ClN2O3S. The van der Waals surface area contributed by atoms with E-state index >= 15 is 0 Å². The lowest BCUT2D eigenvalue weighted by molar-refractivity contribution is -0.121. The Balaban J connectivity index is 2.93. The van der Waals surface area contributed by atoms with Gasteiger partial charge in [-0.3, -0.25) is 9.10 Å². The molecule has 5 nitrogen and oxygen atoms in total. The van der Waals surface area contributed by atoms with E-state index in [9.17, 15) is 13.2 Å². The molecule has 0 saturated heterocycles. The third kappa shape index (κ3) is 5.50. The molecular weight excluding hydrogens is 324 g/mol. The zero-order valence-corrected chi connectivity index (χ0v) is 14.9. The van der Waals surface area contributed by atoms with Crippen LogP contribution in [0.1, 0.15) is 27.2 Å². The van der Waals surface area contributed by atoms with Gasteiger partial charge >= 0.3 is 0 Å². The number of hydrogen-bond acceptors (Lipinski definition) is 3. The van der Waals surface area contributed by atoms with Gasteiger partial charge in [0.2, 0.25) is 15.9 Å². The molecule has 0 aliphatic carbocycles. The van der Waals surface area contributed by atoms with Gasteiger partial charge < -0.3 is 5.32 Å². The van der Waals surface area contributed by atoms with Crippen molar-refractivity contribution in [2.45, 2.75) is 33.2 Å². The highest BCUT2D eigenvalue weighted by atomic mass is 35.5. The van der Waals surface area contributed by atoms with Crippen molar-refractivity contribution in [3.8, 4) is 0 Å². The fourth-order valence-electron chi connectivity index (χ4n) is 2.03. The predicted molar refractivity (Wildman–Crippen MR) is 90.7 cm³/mol. The molecule has 0 aromatic heterocycles. The largest absolute Gasteiger partial charge is 0.354 e. The molecule has 7 heteroatoms. The Morgan fingerprint density at radius 1 is 1.23 bits per heavy atom. The summed E-state index contributed by atoms with van der Waals surface area (Å²) in [4.78, 5) is 12.2. The molecule has 124 valence electrons. The quantitative estimate of drug-likeness (QED) is 0.825. The maximum atomic E-state index is 12.2. The number of carbonyl (C=O) groups is 1. The number of amides is 1. The van der Waals surface area contributed by atoms with Crippen LogP contribution in [0.4, 0.5) is 5.69 Å². The average Bonchev–Trinajstić information content (AvgIpc) is 2.39. The van der Waals surface area contributed by atoms with Gasteiger partial charge in [-0.2, -0.15) is 0 Å². The van der Waals surface area contributed by atoms with E-state index in [0.717, 1.165) is 17.0 Å².